The lowest BCUT2D eigenvalue weighted by Crippen LogP contribution is -2.30. The first-order chi connectivity index (χ1) is 14.8. The summed E-state index contributed by atoms with van der Waals surface area (Å²) < 4.78 is 30.1. The molecule has 10 heteroatoms. The summed E-state index contributed by atoms with van der Waals surface area (Å²) in [6.45, 7) is 4.48. The average Bonchev–Trinajstić information content (AvgIpc) is 3.13. The topological polar surface area (TPSA) is 101 Å². The Labute approximate surface area is 187 Å². The van der Waals surface area contributed by atoms with E-state index in [0.717, 1.165) is 37.2 Å². The van der Waals surface area contributed by atoms with E-state index < -0.39 is 10.0 Å². The first kappa shape index (κ1) is 21.6. The van der Waals surface area contributed by atoms with Gasteiger partial charge in [0.25, 0.3) is 0 Å². The molecule has 1 aromatic carbocycles. The molecule has 164 valence electrons. The largest absolute Gasteiger partial charge is 0.353 e. The highest BCUT2D eigenvalue weighted by molar-refractivity contribution is 7.89. The summed E-state index contributed by atoms with van der Waals surface area (Å²) in [7, 11) is -3.68. The predicted molar refractivity (Wildman–Crippen MR) is 123 cm³/mol. The van der Waals surface area contributed by atoms with Crippen molar-refractivity contribution in [2.45, 2.75) is 50.6 Å². The molecule has 0 amide bonds. The van der Waals surface area contributed by atoms with E-state index in [1.54, 1.807) is 44.2 Å². The monoisotopic (exact) mass is 460 g/mol. The number of fused-ring (bicyclic) bond motifs is 1. The van der Waals surface area contributed by atoms with Crippen molar-refractivity contribution in [3.63, 3.8) is 0 Å². The number of sulfonamides is 1. The lowest BCUT2D eigenvalue weighted by Gasteiger charge is -2.17. The number of nitrogens with zero attached hydrogens (tertiary/aromatic N) is 3. The van der Waals surface area contributed by atoms with Crippen molar-refractivity contribution in [3.05, 3.63) is 53.4 Å². The third-order valence-electron chi connectivity index (χ3n) is 4.94. The van der Waals surface area contributed by atoms with Gasteiger partial charge < -0.3 is 10.6 Å². The van der Waals surface area contributed by atoms with Crippen LogP contribution < -0.4 is 15.4 Å². The minimum absolute atomic E-state index is 0.150. The number of hydrogen-bond donors (Lipinski definition) is 3. The van der Waals surface area contributed by atoms with Crippen LogP contribution in [0.15, 0.2) is 47.6 Å². The second kappa shape index (κ2) is 8.86. The van der Waals surface area contributed by atoms with Crippen molar-refractivity contribution in [1.82, 2.24) is 19.5 Å². The molecule has 0 saturated carbocycles. The predicted octanol–water partition coefficient (Wildman–Crippen LogP) is 4.44. The van der Waals surface area contributed by atoms with Gasteiger partial charge in [0.2, 0.25) is 10.0 Å². The molecule has 31 heavy (non-hydrogen) atoms. The van der Waals surface area contributed by atoms with Crippen LogP contribution in [-0.2, 0) is 23.0 Å². The van der Waals surface area contributed by atoms with Crippen molar-refractivity contribution in [1.29, 1.82) is 0 Å². The SMILES string of the molecule is CC(C)NS(=O)(=O)c1ccccc1Nc1cc(Nc2cnn3c2CCCC3)ncc1Cl. The summed E-state index contributed by atoms with van der Waals surface area (Å²) in [6, 6.07) is 8.25. The van der Waals surface area contributed by atoms with E-state index in [0.29, 0.717) is 22.2 Å². The van der Waals surface area contributed by atoms with E-state index in [2.05, 4.69) is 25.4 Å². The Balaban J connectivity index is 1.62. The Morgan fingerprint density at radius 1 is 1.06 bits per heavy atom. The zero-order valence-corrected chi connectivity index (χ0v) is 19.0. The summed E-state index contributed by atoms with van der Waals surface area (Å²) in [5.74, 6) is 0.592. The van der Waals surface area contributed by atoms with Crippen LogP contribution in [0.25, 0.3) is 0 Å². The zero-order valence-electron chi connectivity index (χ0n) is 17.4. The number of para-hydroxylation sites is 1. The lowest BCUT2D eigenvalue weighted by molar-refractivity contribution is 0.487. The molecule has 8 nitrogen and oxygen atoms in total. The Kier molecular flexibility index (Phi) is 6.17. The van der Waals surface area contributed by atoms with E-state index in [1.807, 2.05) is 10.9 Å². The van der Waals surface area contributed by atoms with Crippen LogP contribution in [0.1, 0.15) is 32.4 Å². The first-order valence-electron chi connectivity index (χ1n) is 10.2. The Morgan fingerprint density at radius 3 is 2.68 bits per heavy atom. The van der Waals surface area contributed by atoms with Crippen LogP contribution >= 0.6 is 11.6 Å². The molecule has 0 spiro atoms. The normalized spacial score (nSPS) is 13.8. The number of aromatic nitrogens is 3. The quantitative estimate of drug-likeness (QED) is 0.481. The molecule has 0 unspecified atom stereocenters. The van der Waals surface area contributed by atoms with Crippen molar-refractivity contribution in [3.8, 4) is 0 Å². The van der Waals surface area contributed by atoms with Gasteiger partial charge in [0.15, 0.2) is 0 Å². The smallest absolute Gasteiger partial charge is 0.242 e. The highest BCUT2D eigenvalue weighted by Crippen LogP contribution is 2.32. The molecule has 0 atom stereocenters. The maximum atomic E-state index is 12.7. The van der Waals surface area contributed by atoms with Gasteiger partial charge in [-0.1, -0.05) is 23.7 Å². The zero-order chi connectivity index (χ0) is 22.0. The fraction of sp³-hybridized carbons (Fsp3) is 0.333. The molecule has 3 N–H and O–H groups in total. The number of rotatable bonds is 7. The third kappa shape index (κ3) is 4.84. The summed E-state index contributed by atoms with van der Waals surface area (Å²) in [5.41, 5.74) is 3.06. The van der Waals surface area contributed by atoms with Gasteiger partial charge in [-0.15, -0.1) is 0 Å². The van der Waals surface area contributed by atoms with E-state index in [4.69, 9.17) is 11.6 Å². The highest BCUT2D eigenvalue weighted by atomic mass is 35.5. The third-order valence-corrected chi connectivity index (χ3v) is 6.95. The van der Waals surface area contributed by atoms with Crippen LogP contribution in [0, 0.1) is 0 Å². The average molecular weight is 461 g/mol. The van der Waals surface area contributed by atoms with E-state index in [-0.39, 0.29) is 10.9 Å². The minimum atomic E-state index is -3.68. The number of aryl methyl sites for hydroxylation is 1. The van der Waals surface area contributed by atoms with Crippen LogP contribution in [0.5, 0.6) is 0 Å². The van der Waals surface area contributed by atoms with Gasteiger partial charge in [-0.3, -0.25) is 4.68 Å². The molecular formula is C21H25ClN6O2S. The summed E-state index contributed by atoms with van der Waals surface area (Å²) in [5, 5.41) is 11.3. The van der Waals surface area contributed by atoms with Crippen LogP contribution in [0.2, 0.25) is 5.02 Å². The number of halogens is 1. The molecule has 0 saturated heterocycles. The van der Waals surface area contributed by atoms with Gasteiger partial charge in [0.05, 0.1) is 40.2 Å². The van der Waals surface area contributed by atoms with E-state index >= 15 is 0 Å². The van der Waals surface area contributed by atoms with E-state index in [9.17, 15) is 8.42 Å². The number of benzene rings is 1. The van der Waals surface area contributed by atoms with Gasteiger partial charge in [0.1, 0.15) is 10.7 Å². The molecule has 0 bridgehead atoms. The lowest BCUT2D eigenvalue weighted by atomic mass is 10.1. The van der Waals surface area contributed by atoms with Gasteiger partial charge >= 0.3 is 0 Å². The summed E-state index contributed by atoms with van der Waals surface area (Å²) in [6.07, 6.45) is 6.58. The molecule has 1 aliphatic rings. The second-order valence-electron chi connectivity index (χ2n) is 7.76. The second-order valence-corrected chi connectivity index (χ2v) is 9.85. The standard InChI is InChI=1S/C21H25ClN6O2S/c1-14(2)27-31(29,30)20-9-4-3-7-16(20)25-17-11-21(23-12-15(17)22)26-18-13-24-28-10-6-5-8-19(18)28/h3-4,7,9,11-14,27H,5-6,8,10H2,1-2H3,(H2,23,25,26). The Morgan fingerprint density at radius 2 is 1.87 bits per heavy atom. The van der Waals surface area contributed by atoms with Gasteiger partial charge in [0, 0.05) is 18.7 Å². The fourth-order valence-corrected chi connectivity index (χ4v) is 5.15. The minimum Gasteiger partial charge on any atom is -0.353 e. The van der Waals surface area contributed by atoms with E-state index in [1.165, 1.54) is 6.20 Å². The molecule has 0 radical (unpaired) electrons. The molecule has 0 aliphatic carbocycles. The number of nitrogens with one attached hydrogen (secondary N) is 3. The van der Waals surface area contributed by atoms with Gasteiger partial charge in [-0.2, -0.15) is 5.10 Å². The maximum Gasteiger partial charge on any atom is 0.242 e. The molecule has 3 aromatic rings. The summed E-state index contributed by atoms with van der Waals surface area (Å²) >= 11 is 6.36. The van der Waals surface area contributed by atoms with Crippen LogP contribution in [0.4, 0.5) is 22.9 Å². The Hall–Kier alpha value is -2.62. The Bertz CT molecular complexity index is 1190. The van der Waals surface area contributed by atoms with Gasteiger partial charge in [-0.05, 0) is 45.2 Å². The number of hydrogen-bond acceptors (Lipinski definition) is 6. The molecule has 0 fully saturated rings. The fourth-order valence-electron chi connectivity index (χ4n) is 3.59. The van der Waals surface area contributed by atoms with Gasteiger partial charge in [-0.25, -0.2) is 18.1 Å². The molecule has 2 aromatic heterocycles. The molecule has 1 aliphatic heterocycles. The highest BCUT2D eigenvalue weighted by Gasteiger charge is 2.20. The molecular weight excluding hydrogens is 436 g/mol. The number of pyridine rings is 1. The first-order valence-corrected chi connectivity index (χ1v) is 12.1. The van der Waals surface area contributed by atoms with Crippen molar-refractivity contribution < 1.29 is 8.42 Å². The summed E-state index contributed by atoms with van der Waals surface area (Å²) in [4.78, 5) is 4.51. The molecule has 4 rings (SSSR count). The van der Waals surface area contributed by atoms with Crippen molar-refractivity contribution >= 4 is 44.5 Å². The number of anilines is 4. The van der Waals surface area contributed by atoms with Crippen molar-refractivity contribution in [2.24, 2.45) is 0 Å². The maximum absolute atomic E-state index is 12.7. The molecule has 3 heterocycles. The van der Waals surface area contributed by atoms with Crippen molar-refractivity contribution in [2.75, 3.05) is 10.6 Å². The van der Waals surface area contributed by atoms with Crippen LogP contribution in [0.3, 0.4) is 0 Å². The van der Waals surface area contributed by atoms with Crippen LogP contribution in [-0.4, -0.2) is 29.2 Å².